The van der Waals surface area contributed by atoms with E-state index >= 15 is 0 Å². The van der Waals surface area contributed by atoms with Gasteiger partial charge in [0.1, 0.15) is 0 Å². The number of anilines is 2. The Morgan fingerprint density at radius 2 is 1.17 bits per heavy atom. The predicted octanol–water partition coefficient (Wildman–Crippen LogP) is 1.71. The van der Waals surface area contributed by atoms with Gasteiger partial charge in [-0.2, -0.15) is 0 Å². The zero-order valence-corrected chi connectivity index (χ0v) is 7.59. The molecule has 0 amide bonds. The quantitative estimate of drug-likeness (QED) is 0.387. The first kappa shape index (κ1) is 9.47. The van der Waals surface area contributed by atoms with Gasteiger partial charge < -0.3 is 11.5 Å². The van der Waals surface area contributed by atoms with Gasteiger partial charge in [-0.05, 0) is 0 Å². The molecule has 0 aliphatic carbocycles. The van der Waals surface area contributed by atoms with Gasteiger partial charge in [-0.3, -0.25) is 0 Å². The SMILES string of the molecule is Nc1c(F)c(N)c(S)c(F)c1S. The van der Waals surface area contributed by atoms with Crippen LogP contribution in [0, 0.1) is 11.6 Å². The summed E-state index contributed by atoms with van der Waals surface area (Å²) in [5.41, 5.74) is 9.50. The van der Waals surface area contributed by atoms with Gasteiger partial charge in [0.15, 0.2) is 11.6 Å². The first-order valence-electron chi connectivity index (χ1n) is 2.90. The summed E-state index contributed by atoms with van der Waals surface area (Å²) >= 11 is 7.31. The lowest BCUT2D eigenvalue weighted by atomic mass is 10.2. The summed E-state index contributed by atoms with van der Waals surface area (Å²) < 4.78 is 25.9. The predicted molar refractivity (Wildman–Crippen MR) is 49.7 cm³/mol. The Labute approximate surface area is 78.8 Å². The molecule has 0 unspecified atom stereocenters. The minimum Gasteiger partial charge on any atom is -0.395 e. The minimum absolute atomic E-state index is 0.272. The second-order valence-electron chi connectivity index (χ2n) is 2.15. The molecule has 0 aliphatic heterocycles. The number of hydrogen-bond acceptors (Lipinski definition) is 4. The van der Waals surface area contributed by atoms with Crippen LogP contribution in [0.2, 0.25) is 0 Å². The zero-order chi connectivity index (χ0) is 9.46. The van der Waals surface area contributed by atoms with Gasteiger partial charge in [-0.15, -0.1) is 25.3 Å². The highest BCUT2D eigenvalue weighted by Crippen LogP contribution is 2.34. The molecule has 6 heteroatoms. The summed E-state index contributed by atoms with van der Waals surface area (Å²) in [7, 11) is 0. The standard InChI is InChI=1S/C6H6F2N2S2/c7-1-3(9)5(11)2(8)6(12)4(1)10/h11-12H,9-10H2. The molecular formula is C6H6F2N2S2. The van der Waals surface area contributed by atoms with Crippen LogP contribution in [-0.2, 0) is 0 Å². The molecule has 0 aromatic heterocycles. The monoisotopic (exact) mass is 208 g/mol. The molecule has 0 radical (unpaired) electrons. The van der Waals surface area contributed by atoms with Crippen LogP contribution in [0.25, 0.3) is 0 Å². The van der Waals surface area contributed by atoms with Crippen LogP contribution in [0.3, 0.4) is 0 Å². The minimum atomic E-state index is -0.883. The third-order valence-corrected chi connectivity index (χ3v) is 2.27. The van der Waals surface area contributed by atoms with E-state index in [2.05, 4.69) is 25.3 Å². The summed E-state index contributed by atoms with van der Waals surface area (Å²) in [5.74, 6) is -1.69. The van der Waals surface area contributed by atoms with Crippen molar-refractivity contribution in [3.63, 3.8) is 0 Å². The Morgan fingerprint density at radius 3 is 1.50 bits per heavy atom. The Kier molecular flexibility index (Phi) is 2.39. The topological polar surface area (TPSA) is 52.0 Å². The van der Waals surface area contributed by atoms with Crippen LogP contribution in [0.1, 0.15) is 0 Å². The Hall–Kier alpha value is -0.620. The largest absolute Gasteiger partial charge is 0.395 e. The number of benzene rings is 1. The van der Waals surface area contributed by atoms with Crippen molar-refractivity contribution in [1.82, 2.24) is 0 Å². The summed E-state index contributed by atoms with van der Waals surface area (Å²) in [6.07, 6.45) is 0. The molecule has 1 rings (SSSR count). The number of hydrogen-bond donors (Lipinski definition) is 4. The smallest absolute Gasteiger partial charge is 0.171 e. The fourth-order valence-corrected chi connectivity index (χ4v) is 1.21. The van der Waals surface area contributed by atoms with Crippen LogP contribution >= 0.6 is 25.3 Å². The summed E-state index contributed by atoms with van der Waals surface area (Å²) in [6.45, 7) is 0. The van der Waals surface area contributed by atoms with Gasteiger partial charge >= 0.3 is 0 Å². The summed E-state index contributed by atoms with van der Waals surface area (Å²) in [6, 6.07) is 0. The van der Waals surface area contributed by atoms with Gasteiger partial charge in [0.25, 0.3) is 0 Å². The molecule has 4 N–H and O–H groups in total. The van der Waals surface area contributed by atoms with Gasteiger partial charge in [-0.1, -0.05) is 0 Å². The average molecular weight is 208 g/mol. The van der Waals surface area contributed by atoms with Crippen molar-refractivity contribution < 1.29 is 8.78 Å². The van der Waals surface area contributed by atoms with Crippen LogP contribution < -0.4 is 11.5 Å². The molecule has 0 spiro atoms. The van der Waals surface area contributed by atoms with Crippen molar-refractivity contribution in [3.05, 3.63) is 11.6 Å². The maximum Gasteiger partial charge on any atom is 0.171 e. The van der Waals surface area contributed by atoms with Crippen molar-refractivity contribution in [2.45, 2.75) is 9.79 Å². The molecule has 0 bridgehead atoms. The molecule has 0 saturated heterocycles. The molecule has 0 fully saturated rings. The lowest BCUT2D eigenvalue weighted by Gasteiger charge is -2.08. The van der Waals surface area contributed by atoms with Gasteiger partial charge in [0.2, 0.25) is 0 Å². The lowest BCUT2D eigenvalue weighted by Crippen LogP contribution is -2.02. The molecule has 0 aliphatic rings. The fourth-order valence-electron chi connectivity index (χ4n) is 0.702. The number of nitrogen functional groups attached to an aromatic ring is 2. The number of thiol groups is 2. The van der Waals surface area contributed by atoms with E-state index in [1.807, 2.05) is 0 Å². The second-order valence-corrected chi connectivity index (χ2v) is 3.05. The van der Waals surface area contributed by atoms with Crippen molar-refractivity contribution in [2.75, 3.05) is 11.5 Å². The third kappa shape index (κ3) is 1.21. The zero-order valence-electron chi connectivity index (χ0n) is 5.81. The molecule has 12 heavy (non-hydrogen) atoms. The highest BCUT2D eigenvalue weighted by Gasteiger charge is 2.16. The molecular weight excluding hydrogens is 202 g/mol. The van der Waals surface area contributed by atoms with Gasteiger partial charge in [-0.25, -0.2) is 8.78 Å². The highest BCUT2D eigenvalue weighted by molar-refractivity contribution is 7.81. The molecule has 66 valence electrons. The highest BCUT2D eigenvalue weighted by atomic mass is 32.1. The average Bonchev–Trinajstić information content (AvgIpc) is 2.08. The molecule has 2 nitrogen and oxygen atoms in total. The Balaban J connectivity index is 3.60. The van der Waals surface area contributed by atoms with E-state index in [1.54, 1.807) is 0 Å². The van der Waals surface area contributed by atoms with Crippen LogP contribution in [0.4, 0.5) is 20.2 Å². The molecule has 0 atom stereocenters. The molecule has 1 aromatic carbocycles. The van der Waals surface area contributed by atoms with E-state index in [4.69, 9.17) is 11.5 Å². The van der Waals surface area contributed by atoms with Crippen molar-refractivity contribution in [1.29, 1.82) is 0 Å². The number of nitrogens with two attached hydrogens (primary N) is 2. The third-order valence-electron chi connectivity index (χ3n) is 1.40. The van der Waals surface area contributed by atoms with Crippen molar-refractivity contribution in [3.8, 4) is 0 Å². The Morgan fingerprint density at radius 1 is 0.833 bits per heavy atom. The lowest BCUT2D eigenvalue weighted by molar-refractivity contribution is 0.561. The van der Waals surface area contributed by atoms with Gasteiger partial charge in [0, 0.05) is 0 Å². The van der Waals surface area contributed by atoms with E-state index in [0.717, 1.165) is 0 Å². The molecule has 1 aromatic rings. The van der Waals surface area contributed by atoms with E-state index in [0.29, 0.717) is 0 Å². The summed E-state index contributed by atoms with van der Waals surface area (Å²) in [5, 5.41) is 0. The first-order chi connectivity index (χ1) is 5.46. The van der Waals surface area contributed by atoms with E-state index in [1.165, 1.54) is 0 Å². The second kappa shape index (κ2) is 3.02. The Bertz CT molecular complexity index is 236. The normalized spacial score (nSPS) is 10.3. The molecule has 0 saturated carbocycles. The van der Waals surface area contributed by atoms with E-state index in [9.17, 15) is 8.78 Å². The van der Waals surface area contributed by atoms with E-state index < -0.39 is 23.0 Å². The van der Waals surface area contributed by atoms with Crippen molar-refractivity contribution in [2.24, 2.45) is 0 Å². The van der Waals surface area contributed by atoms with Crippen LogP contribution in [-0.4, -0.2) is 0 Å². The van der Waals surface area contributed by atoms with Crippen molar-refractivity contribution >= 4 is 36.6 Å². The number of rotatable bonds is 0. The maximum atomic E-state index is 13.0. The fraction of sp³-hybridized carbons (Fsp3) is 0. The van der Waals surface area contributed by atoms with Gasteiger partial charge in [0.05, 0.1) is 21.2 Å². The first-order valence-corrected chi connectivity index (χ1v) is 3.80. The maximum absolute atomic E-state index is 13.0. The van der Waals surface area contributed by atoms with E-state index in [-0.39, 0.29) is 9.79 Å². The van der Waals surface area contributed by atoms with Crippen LogP contribution in [0.5, 0.6) is 0 Å². The number of halogens is 2. The molecule has 0 heterocycles. The summed E-state index contributed by atoms with van der Waals surface area (Å²) in [4.78, 5) is -0.543. The van der Waals surface area contributed by atoms with Crippen LogP contribution in [0.15, 0.2) is 9.79 Å².